The van der Waals surface area contributed by atoms with Gasteiger partial charge in [-0.3, -0.25) is 4.98 Å². The van der Waals surface area contributed by atoms with E-state index in [1.54, 1.807) is 18.0 Å². The molecule has 0 radical (unpaired) electrons. The van der Waals surface area contributed by atoms with E-state index in [1.807, 2.05) is 13.2 Å². The molecule has 0 saturated heterocycles. The zero-order valence-electron chi connectivity index (χ0n) is 17.7. The molecule has 4 nitrogen and oxygen atoms in total. The van der Waals surface area contributed by atoms with Gasteiger partial charge in [0.2, 0.25) is 0 Å². The summed E-state index contributed by atoms with van der Waals surface area (Å²) < 4.78 is 0. The zero-order chi connectivity index (χ0) is 20.3. The van der Waals surface area contributed by atoms with Gasteiger partial charge in [-0.1, -0.05) is 62.4 Å². The molecule has 0 fully saturated rings. The smallest absolute Gasteiger partial charge is 0.165 e. The maximum Gasteiger partial charge on any atom is 0.165 e. The van der Waals surface area contributed by atoms with E-state index in [9.17, 15) is 0 Å². The molecule has 0 unspecified atom stereocenters. The van der Waals surface area contributed by atoms with Gasteiger partial charge in [-0.25, -0.2) is 4.98 Å². The molecule has 5 heteroatoms. The number of hydrogen-bond acceptors (Lipinski definition) is 4. The van der Waals surface area contributed by atoms with Crippen molar-refractivity contribution in [3.05, 3.63) is 59.2 Å². The minimum Gasteiger partial charge on any atom is -0.386 e. The number of hydrogen-bond donors (Lipinski definition) is 2. The molecule has 0 aliphatic carbocycles. The Balaban J connectivity index is 2.14. The van der Waals surface area contributed by atoms with E-state index in [-0.39, 0.29) is 5.41 Å². The summed E-state index contributed by atoms with van der Waals surface area (Å²) in [6.45, 7) is 11.0. The minimum atomic E-state index is 0.167. The molecule has 1 aromatic carbocycles. The molecule has 0 aliphatic rings. The van der Waals surface area contributed by atoms with Crippen LogP contribution < -0.4 is 5.32 Å². The number of rotatable bonds is 6. The standard InChI is InChI=1S/C23H30N4S/c1-15-7-9-17(10-8-15)20-18(14-28-22-25-11-12-26-22)16(2)27-19(21(20)24-6)13-23(3,4)5/h7-12,24H,13-14H2,1-6H3,(H,25,26). The third-order valence-corrected chi connectivity index (χ3v) is 5.62. The van der Waals surface area contributed by atoms with Crippen molar-refractivity contribution < 1.29 is 0 Å². The van der Waals surface area contributed by atoms with Gasteiger partial charge >= 0.3 is 0 Å². The molecular weight excluding hydrogens is 364 g/mol. The highest BCUT2D eigenvalue weighted by Crippen LogP contribution is 2.39. The number of thioether (sulfide) groups is 1. The molecule has 0 amide bonds. The molecule has 28 heavy (non-hydrogen) atoms. The summed E-state index contributed by atoms with van der Waals surface area (Å²) in [5.41, 5.74) is 8.54. The van der Waals surface area contributed by atoms with Gasteiger partial charge in [0.25, 0.3) is 0 Å². The Kier molecular flexibility index (Phi) is 6.14. The summed E-state index contributed by atoms with van der Waals surface area (Å²) in [7, 11) is 2.00. The second kappa shape index (κ2) is 8.39. The van der Waals surface area contributed by atoms with Gasteiger partial charge in [0.1, 0.15) is 0 Å². The Morgan fingerprint density at radius 2 is 1.82 bits per heavy atom. The molecule has 2 aromatic heterocycles. The first-order chi connectivity index (χ1) is 13.3. The monoisotopic (exact) mass is 394 g/mol. The summed E-state index contributed by atoms with van der Waals surface area (Å²) in [4.78, 5) is 12.6. The lowest BCUT2D eigenvalue weighted by Gasteiger charge is -2.24. The van der Waals surface area contributed by atoms with E-state index in [4.69, 9.17) is 4.98 Å². The number of aromatic amines is 1. The van der Waals surface area contributed by atoms with Crippen LogP contribution in [-0.2, 0) is 12.2 Å². The number of aromatic nitrogens is 3. The van der Waals surface area contributed by atoms with E-state index < -0.39 is 0 Å². The normalized spacial score (nSPS) is 11.6. The highest BCUT2D eigenvalue weighted by atomic mass is 32.2. The van der Waals surface area contributed by atoms with Crippen LogP contribution in [0.4, 0.5) is 5.69 Å². The maximum absolute atomic E-state index is 5.03. The minimum absolute atomic E-state index is 0.167. The highest BCUT2D eigenvalue weighted by molar-refractivity contribution is 7.98. The van der Waals surface area contributed by atoms with Crippen LogP contribution in [0.3, 0.4) is 0 Å². The van der Waals surface area contributed by atoms with Crippen molar-refractivity contribution in [1.29, 1.82) is 0 Å². The average molecular weight is 395 g/mol. The summed E-state index contributed by atoms with van der Waals surface area (Å²) in [5.74, 6) is 0.819. The molecule has 3 rings (SSSR count). The van der Waals surface area contributed by atoms with Crippen LogP contribution in [0.15, 0.2) is 41.8 Å². The van der Waals surface area contributed by atoms with E-state index in [2.05, 4.69) is 74.2 Å². The third-order valence-electron chi connectivity index (χ3n) is 4.69. The molecule has 0 spiro atoms. The predicted molar refractivity (Wildman–Crippen MR) is 120 cm³/mol. The van der Waals surface area contributed by atoms with Crippen LogP contribution in [0.2, 0.25) is 0 Å². The van der Waals surface area contributed by atoms with Crippen LogP contribution in [0.5, 0.6) is 0 Å². The Labute approximate surface area is 172 Å². The van der Waals surface area contributed by atoms with Crippen LogP contribution in [0.25, 0.3) is 11.1 Å². The number of benzene rings is 1. The van der Waals surface area contributed by atoms with Crippen LogP contribution in [-0.4, -0.2) is 22.0 Å². The number of pyridine rings is 1. The van der Waals surface area contributed by atoms with E-state index in [0.717, 1.165) is 34.4 Å². The van der Waals surface area contributed by atoms with E-state index in [0.29, 0.717) is 0 Å². The lowest BCUT2D eigenvalue weighted by molar-refractivity contribution is 0.406. The molecule has 0 aliphatic heterocycles. The van der Waals surface area contributed by atoms with Crippen LogP contribution in [0.1, 0.15) is 43.3 Å². The van der Waals surface area contributed by atoms with Gasteiger partial charge in [-0.2, -0.15) is 0 Å². The van der Waals surface area contributed by atoms with Gasteiger partial charge in [0.15, 0.2) is 5.16 Å². The summed E-state index contributed by atoms with van der Waals surface area (Å²) in [6.07, 6.45) is 4.58. The quantitative estimate of drug-likeness (QED) is 0.503. The first-order valence-electron chi connectivity index (χ1n) is 9.68. The molecule has 3 aromatic rings. The van der Waals surface area contributed by atoms with Gasteiger partial charge in [0.05, 0.1) is 11.4 Å². The third kappa shape index (κ3) is 4.76. The topological polar surface area (TPSA) is 53.6 Å². The number of nitrogens with one attached hydrogen (secondary N) is 2. The number of aryl methyl sites for hydroxylation is 2. The molecular formula is C23H30N4S. The van der Waals surface area contributed by atoms with E-state index in [1.165, 1.54) is 22.3 Å². The first-order valence-corrected chi connectivity index (χ1v) is 10.7. The fourth-order valence-electron chi connectivity index (χ4n) is 3.39. The van der Waals surface area contributed by atoms with E-state index >= 15 is 0 Å². The van der Waals surface area contributed by atoms with Crippen molar-refractivity contribution in [2.45, 2.75) is 51.9 Å². The van der Waals surface area contributed by atoms with Crippen LogP contribution in [0, 0.1) is 19.3 Å². The lowest BCUT2D eigenvalue weighted by atomic mass is 9.87. The van der Waals surface area contributed by atoms with Crippen molar-refractivity contribution in [2.24, 2.45) is 5.41 Å². The SMILES string of the molecule is CNc1c(CC(C)(C)C)nc(C)c(CSc2ncc[nH]2)c1-c1ccc(C)cc1. The zero-order valence-corrected chi connectivity index (χ0v) is 18.5. The van der Waals surface area contributed by atoms with Crippen LogP contribution >= 0.6 is 11.8 Å². The highest BCUT2D eigenvalue weighted by Gasteiger charge is 2.22. The first kappa shape index (κ1) is 20.5. The van der Waals surface area contributed by atoms with Gasteiger partial charge in [0, 0.05) is 36.5 Å². The Bertz CT molecular complexity index is 923. The maximum atomic E-state index is 5.03. The average Bonchev–Trinajstić information content (AvgIpc) is 3.13. The summed E-state index contributed by atoms with van der Waals surface area (Å²) in [6, 6.07) is 8.79. The second-order valence-electron chi connectivity index (χ2n) is 8.41. The van der Waals surface area contributed by atoms with Gasteiger partial charge in [-0.15, -0.1) is 0 Å². The summed E-state index contributed by atoms with van der Waals surface area (Å²) in [5, 5.41) is 4.40. The predicted octanol–water partition coefficient (Wildman–Crippen LogP) is 6.01. The largest absolute Gasteiger partial charge is 0.386 e. The fraction of sp³-hybridized carbons (Fsp3) is 0.391. The second-order valence-corrected chi connectivity index (χ2v) is 9.37. The Hall–Kier alpha value is -2.27. The molecule has 2 N–H and O–H groups in total. The number of imidazole rings is 1. The molecule has 0 atom stereocenters. The lowest BCUT2D eigenvalue weighted by Crippen LogP contribution is -2.15. The summed E-state index contributed by atoms with van der Waals surface area (Å²) >= 11 is 1.71. The van der Waals surface area contributed by atoms with Crippen molar-refractivity contribution in [3.8, 4) is 11.1 Å². The van der Waals surface area contributed by atoms with Crippen molar-refractivity contribution >= 4 is 17.4 Å². The van der Waals surface area contributed by atoms with Gasteiger partial charge in [-0.05, 0) is 36.8 Å². The molecule has 0 saturated carbocycles. The molecule has 2 heterocycles. The van der Waals surface area contributed by atoms with Gasteiger partial charge < -0.3 is 10.3 Å². The van der Waals surface area contributed by atoms with Crippen molar-refractivity contribution in [1.82, 2.24) is 15.0 Å². The Morgan fingerprint density at radius 3 is 2.39 bits per heavy atom. The number of anilines is 1. The Morgan fingerprint density at radius 1 is 1.11 bits per heavy atom. The number of H-pyrrole nitrogens is 1. The molecule has 0 bridgehead atoms. The van der Waals surface area contributed by atoms with Crippen molar-refractivity contribution in [3.63, 3.8) is 0 Å². The fourth-order valence-corrected chi connectivity index (χ4v) is 4.31. The van der Waals surface area contributed by atoms with Crippen molar-refractivity contribution in [2.75, 3.05) is 12.4 Å². The molecule has 148 valence electrons. The number of nitrogens with zero attached hydrogens (tertiary/aromatic N) is 2.